The van der Waals surface area contributed by atoms with Crippen LogP contribution in [0, 0.1) is 0 Å². The Morgan fingerprint density at radius 1 is 0.467 bits per heavy atom. The summed E-state index contributed by atoms with van der Waals surface area (Å²) in [6, 6.07) is 66.4. The van der Waals surface area contributed by atoms with Crippen LogP contribution in [0.25, 0.3) is 82.4 Å². The van der Waals surface area contributed by atoms with E-state index in [4.69, 9.17) is 0 Å². The number of para-hydroxylation sites is 2. The third-order valence-electron chi connectivity index (χ3n) is 13.4. The maximum atomic E-state index is 2.51. The lowest BCUT2D eigenvalue weighted by Crippen LogP contribution is -2.15. The van der Waals surface area contributed by atoms with Gasteiger partial charge in [0.05, 0.1) is 16.7 Å². The van der Waals surface area contributed by atoms with Crippen LogP contribution in [-0.2, 0) is 18.3 Å². The van der Waals surface area contributed by atoms with E-state index in [1.165, 1.54) is 129 Å². The summed E-state index contributed by atoms with van der Waals surface area (Å²) in [5, 5.41) is 7.63. The van der Waals surface area contributed by atoms with Gasteiger partial charge in [0.1, 0.15) is 0 Å². The summed E-state index contributed by atoms with van der Waals surface area (Å²) in [5.41, 5.74) is 19.7. The predicted octanol–water partition coefficient (Wildman–Crippen LogP) is 16.1. The molecule has 2 aliphatic rings. The number of fused-ring (bicyclic) bond motifs is 10. The molecular weight excluding hydrogens is 725 g/mol. The molecule has 2 heteroatoms. The van der Waals surface area contributed by atoms with E-state index in [9.17, 15) is 0 Å². The minimum atomic E-state index is 0.0749. The molecule has 0 fully saturated rings. The normalized spacial score (nSPS) is 13.3. The largest absolute Gasteiger partial charge is 0.310 e. The van der Waals surface area contributed by atoms with Gasteiger partial charge in [0, 0.05) is 33.4 Å². The molecule has 0 saturated heterocycles. The molecule has 10 aromatic rings. The van der Waals surface area contributed by atoms with E-state index in [2.05, 4.69) is 206 Å². The van der Waals surface area contributed by atoms with Crippen LogP contribution in [0.4, 0.5) is 17.1 Å². The molecule has 0 radical (unpaired) electrons. The minimum absolute atomic E-state index is 0.0749. The summed E-state index contributed by atoms with van der Waals surface area (Å²) in [6.45, 7) is 6.88. The van der Waals surface area contributed by atoms with E-state index in [0.717, 1.165) is 12.8 Å². The highest BCUT2D eigenvalue weighted by atomic mass is 15.1. The van der Waals surface area contributed by atoms with E-state index in [0.29, 0.717) is 0 Å². The summed E-state index contributed by atoms with van der Waals surface area (Å²) in [4.78, 5) is 2.51. The van der Waals surface area contributed by atoms with Crippen LogP contribution in [0.1, 0.15) is 50.3 Å². The maximum absolute atomic E-state index is 2.51. The maximum Gasteiger partial charge on any atom is 0.0543 e. The SMILES string of the molecule is CC(C)(C)c1ccc(N(c2ccc3cc4c(cc3c2)-c2cc3ccc(-n5c6ccccc6c6ccccc65)cc3cc2-4)c2ccc3c(c2-c2ccccc2)CCCC3)cc1. The average Bonchev–Trinajstić information content (AvgIpc) is 3.62. The van der Waals surface area contributed by atoms with Crippen LogP contribution in [0.3, 0.4) is 0 Å². The first-order valence-corrected chi connectivity index (χ1v) is 21.6. The molecule has 288 valence electrons. The van der Waals surface area contributed by atoms with Crippen molar-refractivity contribution in [3.05, 3.63) is 193 Å². The van der Waals surface area contributed by atoms with E-state index in [-0.39, 0.29) is 5.41 Å². The molecular formula is C58H46N2. The molecule has 9 aromatic carbocycles. The van der Waals surface area contributed by atoms with E-state index in [1.54, 1.807) is 0 Å². The molecule has 12 rings (SSSR count). The summed E-state index contributed by atoms with van der Waals surface area (Å²) in [6.07, 6.45) is 4.76. The first kappa shape index (κ1) is 35.1. The Kier molecular flexibility index (Phi) is 7.78. The molecule has 1 heterocycles. The molecule has 1 aromatic heterocycles. The molecule has 0 aliphatic heterocycles. The third-order valence-corrected chi connectivity index (χ3v) is 13.4. The van der Waals surface area contributed by atoms with Gasteiger partial charge in [0.15, 0.2) is 0 Å². The molecule has 0 spiro atoms. The number of aryl methyl sites for hydroxylation is 1. The van der Waals surface area contributed by atoms with E-state index in [1.807, 2.05) is 0 Å². The van der Waals surface area contributed by atoms with Gasteiger partial charge in [0.2, 0.25) is 0 Å². The fourth-order valence-electron chi connectivity index (χ4n) is 10.3. The Bertz CT molecular complexity index is 3290. The monoisotopic (exact) mass is 770 g/mol. The van der Waals surface area contributed by atoms with Gasteiger partial charge < -0.3 is 9.47 Å². The second kappa shape index (κ2) is 13.3. The molecule has 0 N–H and O–H groups in total. The highest BCUT2D eigenvalue weighted by Gasteiger charge is 2.27. The molecule has 0 amide bonds. The number of benzene rings is 9. The Morgan fingerprint density at radius 3 is 1.70 bits per heavy atom. The van der Waals surface area contributed by atoms with Crippen molar-refractivity contribution in [2.45, 2.75) is 51.9 Å². The summed E-state index contributed by atoms with van der Waals surface area (Å²) in [7, 11) is 0. The Hall–Kier alpha value is -6.90. The van der Waals surface area contributed by atoms with Gasteiger partial charge in [-0.25, -0.2) is 0 Å². The smallest absolute Gasteiger partial charge is 0.0543 e. The van der Waals surface area contributed by atoms with Gasteiger partial charge in [-0.15, -0.1) is 0 Å². The molecule has 0 saturated carbocycles. The first-order valence-electron chi connectivity index (χ1n) is 21.6. The lowest BCUT2D eigenvalue weighted by molar-refractivity contribution is 0.590. The Balaban J connectivity index is 0.979. The van der Waals surface area contributed by atoms with Gasteiger partial charge in [-0.2, -0.15) is 0 Å². The van der Waals surface area contributed by atoms with Gasteiger partial charge in [-0.3, -0.25) is 0 Å². The van der Waals surface area contributed by atoms with Crippen LogP contribution < -0.4 is 4.90 Å². The van der Waals surface area contributed by atoms with E-state index >= 15 is 0 Å². The number of hydrogen-bond donors (Lipinski definition) is 0. The second-order valence-electron chi connectivity index (χ2n) is 18.0. The summed E-state index contributed by atoms with van der Waals surface area (Å²) in [5.74, 6) is 0. The van der Waals surface area contributed by atoms with Crippen LogP contribution in [0.2, 0.25) is 0 Å². The van der Waals surface area contributed by atoms with Crippen molar-refractivity contribution < 1.29 is 0 Å². The zero-order valence-electron chi connectivity index (χ0n) is 34.5. The fourth-order valence-corrected chi connectivity index (χ4v) is 10.3. The standard InChI is InChI=1S/C58H46N2/c1-58(2,3)43-24-28-44(29-25-43)59(56-30-23-37-13-7-8-16-47(37)57(56)38-14-5-4-6-15-38)45-26-21-39-33-50-52(35-41(39)31-45)51-34-40-22-27-46(32-42(40)36-53(50)51)60-54-19-11-9-17-48(54)49-18-10-12-20-55(49)60/h4-6,9-12,14-15,17-36H,7-8,13,16H2,1-3H3. The summed E-state index contributed by atoms with van der Waals surface area (Å²) < 4.78 is 2.41. The average molecular weight is 771 g/mol. The van der Waals surface area contributed by atoms with Crippen molar-refractivity contribution in [1.29, 1.82) is 0 Å². The highest BCUT2D eigenvalue weighted by molar-refractivity contribution is 6.13. The van der Waals surface area contributed by atoms with Gasteiger partial charge in [-0.05, 0) is 176 Å². The minimum Gasteiger partial charge on any atom is -0.310 e. The second-order valence-corrected chi connectivity index (χ2v) is 18.0. The van der Waals surface area contributed by atoms with Crippen molar-refractivity contribution in [2.24, 2.45) is 0 Å². The van der Waals surface area contributed by atoms with Crippen molar-refractivity contribution >= 4 is 60.4 Å². The lowest BCUT2D eigenvalue weighted by Gasteiger charge is -2.32. The van der Waals surface area contributed by atoms with Crippen LogP contribution in [-0.4, -0.2) is 4.57 Å². The molecule has 2 aliphatic carbocycles. The molecule has 60 heavy (non-hydrogen) atoms. The lowest BCUT2D eigenvalue weighted by atomic mass is 9.78. The van der Waals surface area contributed by atoms with Crippen molar-refractivity contribution in [2.75, 3.05) is 4.90 Å². The van der Waals surface area contributed by atoms with Gasteiger partial charge in [-0.1, -0.05) is 118 Å². The molecule has 0 atom stereocenters. The van der Waals surface area contributed by atoms with Crippen LogP contribution in [0.15, 0.2) is 176 Å². The highest BCUT2D eigenvalue weighted by Crippen LogP contribution is 2.52. The van der Waals surface area contributed by atoms with Crippen LogP contribution in [0.5, 0.6) is 0 Å². The van der Waals surface area contributed by atoms with Crippen molar-refractivity contribution in [1.82, 2.24) is 4.57 Å². The fraction of sp³-hybridized carbons (Fsp3) is 0.138. The van der Waals surface area contributed by atoms with Gasteiger partial charge in [0.25, 0.3) is 0 Å². The number of nitrogens with zero attached hydrogens (tertiary/aromatic N) is 2. The predicted molar refractivity (Wildman–Crippen MR) is 256 cm³/mol. The molecule has 0 bridgehead atoms. The van der Waals surface area contributed by atoms with Gasteiger partial charge >= 0.3 is 0 Å². The molecule has 2 nitrogen and oxygen atoms in total. The topological polar surface area (TPSA) is 8.17 Å². The summed E-state index contributed by atoms with van der Waals surface area (Å²) >= 11 is 0. The van der Waals surface area contributed by atoms with Crippen molar-refractivity contribution in [3.8, 4) is 39.1 Å². The number of hydrogen-bond acceptors (Lipinski definition) is 1. The Morgan fingerprint density at radius 2 is 1.03 bits per heavy atom. The quantitative estimate of drug-likeness (QED) is 0.169. The number of aromatic nitrogens is 1. The molecule has 0 unspecified atom stereocenters. The third kappa shape index (κ3) is 5.47. The number of anilines is 3. The first-order chi connectivity index (χ1) is 29.4. The zero-order valence-corrected chi connectivity index (χ0v) is 34.5. The Labute approximate surface area is 352 Å². The van der Waals surface area contributed by atoms with E-state index < -0.39 is 0 Å². The number of rotatable bonds is 5. The van der Waals surface area contributed by atoms with Crippen LogP contribution >= 0.6 is 0 Å². The zero-order chi connectivity index (χ0) is 40.1. The van der Waals surface area contributed by atoms with Crippen molar-refractivity contribution in [3.63, 3.8) is 0 Å².